The lowest BCUT2D eigenvalue weighted by atomic mass is 10.0. The van der Waals surface area contributed by atoms with E-state index >= 15 is 0 Å². The largest absolute Gasteiger partial charge is 0.354 e. The van der Waals surface area contributed by atoms with E-state index in [0.717, 1.165) is 28.5 Å². The third-order valence-electron chi connectivity index (χ3n) is 4.61. The molecule has 140 valence electrons. The summed E-state index contributed by atoms with van der Waals surface area (Å²) in [6.45, 7) is 6.07. The molecule has 8 heteroatoms. The number of benzene rings is 1. The van der Waals surface area contributed by atoms with Crippen LogP contribution in [0, 0.1) is 13.8 Å². The summed E-state index contributed by atoms with van der Waals surface area (Å²) in [5.41, 5.74) is 3.17. The van der Waals surface area contributed by atoms with Gasteiger partial charge in [0.1, 0.15) is 11.6 Å². The maximum atomic E-state index is 11.7. The lowest BCUT2D eigenvalue weighted by Gasteiger charge is -2.35. The summed E-state index contributed by atoms with van der Waals surface area (Å²) in [6, 6.07) is 7.78. The fourth-order valence-corrected chi connectivity index (χ4v) is 4.18. The molecule has 3 rings (SSSR count). The van der Waals surface area contributed by atoms with E-state index in [-0.39, 0.29) is 0 Å². The first kappa shape index (κ1) is 19.1. The summed E-state index contributed by atoms with van der Waals surface area (Å²) < 4.78 is 25.0. The predicted octanol–water partition coefficient (Wildman–Crippen LogP) is 2.42. The fraction of sp³-hybridized carbons (Fsp3) is 0.444. The summed E-state index contributed by atoms with van der Waals surface area (Å²) in [7, 11) is -3.15. The molecule has 0 unspecified atom stereocenters. The lowest BCUT2D eigenvalue weighted by Crippen LogP contribution is -2.49. The second-order valence-electron chi connectivity index (χ2n) is 6.61. The minimum absolute atomic E-state index is 0.474. The topological polar surface area (TPSA) is 66.4 Å². The van der Waals surface area contributed by atoms with Crippen LogP contribution in [0.15, 0.2) is 24.3 Å². The Bertz CT molecular complexity index is 892. The van der Waals surface area contributed by atoms with E-state index in [0.29, 0.717) is 37.6 Å². The van der Waals surface area contributed by atoms with Gasteiger partial charge in [0.2, 0.25) is 10.0 Å². The maximum absolute atomic E-state index is 11.7. The Morgan fingerprint density at radius 1 is 1.04 bits per heavy atom. The van der Waals surface area contributed by atoms with Crippen molar-refractivity contribution in [2.24, 2.45) is 0 Å². The average Bonchev–Trinajstić information content (AvgIpc) is 2.58. The molecule has 1 aromatic heterocycles. The van der Waals surface area contributed by atoms with Crippen LogP contribution in [0.1, 0.15) is 22.6 Å². The molecule has 0 aliphatic carbocycles. The first-order valence-corrected chi connectivity index (χ1v) is 10.8. The van der Waals surface area contributed by atoms with Gasteiger partial charge in [-0.2, -0.15) is 4.31 Å². The standard InChI is InChI=1S/C18H23ClN4O2S/c1-13-17(12-15-4-6-16(19)7-5-15)18(21-14(2)20-13)22-8-10-23(11-9-22)26(3,24)25/h4-7H,8-12H2,1-3H3. The first-order valence-electron chi connectivity index (χ1n) is 8.52. The van der Waals surface area contributed by atoms with Crippen molar-refractivity contribution in [2.45, 2.75) is 20.3 Å². The normalized spacial score (nSPS) is 16.1. The molecule has 1 aromatic carbocycles. The molecule has 0 radical (unpaired) electrons. The second kappa shape index (κ2) is 7.50. The highest BCUT2D eigenvalue weighted by Crippen LogP contribution is 2.26. The van der Waals surface area contributed by atoms with Crippen molar-refractivity contribution in [3.63, 3.8) is 0 Å². The number of hydrogen-bond donors (Lipinski definition) is 0. The number of halogens is 1. The van der Waals surface area contributed by atoms with Crippen LogP contribution in [0.5, 0.6) is 0 Å². The molecule has 1 aliphatic heterocycles. The van der Waals surface area contributed by atoms with Crippen LogP contribution in [0.4, 0.5) is 5.82 Å². The number of aryl methyl sites for hydroxylation is 2. The zero-order chi connectivity index (χ0) is 18.9. The molecular weight excluding hydrogens is 372 g/mol. The number of hydrogen-bond acceptors (Lipinski definition) is 5. The minimum atomic E-state index is -3.15. The highest BCUT2D eigenvalue weighted by molar-refractivity contribution is 7.88. The summed E-state index contributed by atoms with van der Waals surface area (Å²) >= 11 is 5.98. The van der Waals surface area contributed by atoms with Gasteiger partial charge in [0.15, 0.2) is 0 Å². The van der Waals surface area contributed by atoms with Crippen molar-refractivity contribution in [1.82, 2.24) is 14.3 Å². The Labute approximate surface area is 159 Å². The highest BCUT2D eigenvalue weighted by atomic mass is 35.5. The van der Waals surface area contributed by atoms with Crippen molar-refractivity contribution in [1.29, 1.82) is 0 Å². The summed E-state index contributed by atoms with van der Waals surface area (Å²) in [5.74, 6) is 1.63. The molecule has 2 aromatic rings. The van der Waals surface area contributed by atoms with E-state index in [1.807, 2.05) is 38.1 Å². The molecule has 0 amide bonds. The fourth-order valence-electron chi connectivity index (χ4n) is 3.22. The third kappa shape index (κ3) is 4.34. The second-order valence-corrected chi connectivity index (χ2v) is 9.03. The molecule has 0 spiro atoms. The Hall–Kier alpha value is -1.70. The van der Waals surface area contributed by atoms with Gasteiger partial charge in [0.05, 0.1) is 6.26 Å². The molecule has 1 fully saturated rings. The van der Waals surface area contributed by atoms with Crippen molar-refractivity contribution in [3.05, 3.63) is 51.9 Å². The van der Waals surface area contributed by atoms with E-state index in [9.17, 15) is 8.42 Å². The summed E-state index contributed by atoms with van der Waals surface area (Å²) in [4.78, 5) is 11.4. The van der Waals surface area contributed by atoms with Crippen LogP contribution in [0.25, 0.3) is 0 Å². The van der Waals surface area contributed by atoms with Crippen molar-refractivity contribution in [2.75, 3.05) is 37.3 Å². The van der Waals surface area contributed by atoms with Gasteiger partial charge in [-0.15, -0.1) is 0 Å². The molecule has 0 atom stereocenters. The van der Waals surface area contributed by atoms with E-state index in [4.69, 9.17) is 11.6 Å². The zero-order valence-electron chi connectivity index (χ0n) is 15.2. The van der Waals surface area contributed by atoms with Gasteiger partial charge in [-0.3, -0.25) is 0 Å². The van der Waals surface area contributed by atoms with Crippen LogP contribution in [-0.4, -0.2) is 55.1 Å². The Morgan fingerprint density at radius 2 is 1.65 bits per heavy atom. The van der Waals surface area contributed by atoms with E-state index in [2.05, 4.69) is 14.9 Å². The number of anilines is 1. The molecule has 0 N–H and O–H groups in total. The van der Waals surface area contributed by atoms with Crippen LogP contribution in [0.3, 0.4) is 0 Å². The van der Waals surface area contributed by atoms with Crippen molar-refractivity contribution >= 4 is 27.4 Å². The van der Waals surface area contributed by atoms with Crippen LogP contribution >= 0.6 is 11.6 Å². The SMILES string of the molecule is Cc1nc(C)c(Cc2ccc(Cl)cc2)c(N2CCN(S(C)(=O)=O)CC2)n1. The van der Waals surface area contributed by atoms with Gasteiger partial charge in [0.25, 0.3) is 0 Å². The Balaban J connectivity index is 1.88. The molecule has 2 heterocycles. The van der Waals surface area contributed by atoms with E-state index in [1.54, 1.807) is 0 Å². The number of aromatic nitrogens is 2. The van der Waals surface area contributed by atoms with Crippen molar-refractivity contribution in [3.8, 4) is 0 Å². The van der Waals surface area contributed by atoms with E-state index in [1.165, 1.54) is 10.6 Å². The lowest BCUT2D eigenvalue weighted by molar-refractivity contribution is 0.386. The van der Waals surface area contributed by atoms with Gasteiger partial charge in [-0.25, -0.2) is 18.4 Å². The van der Waals surface area contributed by atoms with Crippen LogP contribution < -0.4 is 4.90 Å². The van der Waals surface area contributed by atoms with Crippen LogP contribution in [0.2, 0.25) is 5.02 Å². The van der Waals surface area contributed by atoms with Gasteiger partial charge in [-0.1, -0.05) is 23.7 Å². The van der Waals surface area contributed by atoms with Gasteiger partial charge < -0.3 is 4.90 Å². The molecule has 1 saturated heterocycles. The number of rotatable bonds is 4. The number of piperazine rings is 1. The highest BCUT2D eigenvalue weighted by Gasteiger charge is 2.26. The minimum Gasteiger partial charge on any atom is -0.354 e. The quantitative estimate of drug-likeness (QED) is 0.796. The van der Waals surface area contributed by atoms with Crippen molar-refractivity contribution < 1.29 is 8.42 Å². The van der Waals surface area contributed by atoms with Crippen LogP contribution in [-0.2, 0) is 16.4 Å². The Kier molecular flexibility index (Phi) is 5.50. The predicted molar refractivity (Wildman–Crippen MR) is 104 cm³/mol. The van der Waals surface area contributed by atoms with Gasteiger partial charge in [0, 0.05) is 48.9 Å². The monoisotopic (exact) mass is 394 g/mol. The average molecular weight is 395 g/mol. The summed E-state index contributed by atoms with van der Waals surface area (Å²) in [6.07, 6.45) is 1.97. The molecule has 26 heavy (non-hydrogen) atoms. The van der Waals surface area contributed by atoms with E-state index < -0.39 is 10.0 Å². The maximum Gasteiger partial charge on any atom is 0.211 e. The molecule has 0 bridgehead atoms. The summed E-state index contributed by atoms with van der Waals surface area (Å²) in [5, 5.41) is 0.711. The Morgan fingerprint density at radius 3 is 2.23 bits per heavy atom. The molecule has 0 saturated carbocycles. The smallest absolute Gasteiger partial charge is 0.211 e. The van der Waals surface area contributed by atoms with Gasteiger partial charge >= 0.3 is 0 Å². The molecular formula is C18H23ClN4O2S. The van der Waals surface area contributed by atoms with Gasteiger partial charge in [-0.05, 0) is 31.5 Å². The number of nitrogens with zero attached hydrogens (tertiary/aromatic N) is 4. The number of sulfonamides is 1. The third-order valence-corrected chi connectivity index (χ3v) is 6.16. The first-order chi connectivity index (χ1) is 12.2. The molecule has 6 nitrogen and oxygen atoms in total. The molecule has 1 aliphatic rings. The zero-order valence-corrected chi connectivity index (χ0v) is 16.8.